The van der Waals surface area contributed by atoms with Crippen LogP contribution in [0.5, 0.6) is 0 Å². The summed E-state index contributed by atoms with van der Waals surface area (Å²) in [5.74, 6) is -0.428. The van der Waals surface area contributed by atoms with Crippen LogP contribution >= 0.6 is 23.2 Å². The number of halogens is 2. The maximum absolute atomic E-state index is 12.8. The van der Waals surface area contributed by atoms with Crippen LogP contribution < -0.4 is 10.6 Å². The average molecular weight is 443 g/mol. The van der Waals surface area contributed by atoms with E-state index in [1.807, 2.05) is 13.0 Å². The Morgan fingerprint density at radius 2 is 1.67 bits per heavy atom. The van der Waals surface area contributed by atoms with Crippen molar-refractivity contribution in [3.63, 3.8) is 0 Å². The zero-order valence-electron chi connectivity index (χ0n) is 16.3. The molecule has 0 atom stereocenters. The summed E-state index contributed by atoms with van der Waals surface area (Å²) in [5, 5.41) is 7.14. The van der Waals surface area contributed by atoms with Crippen molar-refractivity contribution in [1.29, 1.82) is 0 Å². The number of urea groups is 1. The number of fused-ring (bicyclic) bond motifs is 1. The standard InChI is InChI=1S/C22H20Cl2N4O2/c1-13-12-25-20-14(19(13)27-22(30)28-10-2-3-11-28)6-4-9-17(20)26-21(29)18-15(23)7-5-8-16(18)24/h4-9,12H,2-3,10-11H2,1H3,(H,26,29)(H,25,27,30). The molecular weight excluding hydrogens is 423 g/mol. The number of anilines is 2. The first-order valence-electron chi connectivity index (χ1n) is 9.65. The normalized spacial score (nSPS) is 13.5. The number of nitrogens with one attached hydrogen (secondary N) is 2. The van der Waals surface area contributed by atoms with Crippen molar-refractivity contribution in [3.8, 4) is 0 Å². The van der Waals surface area contributed by atoms with Crippen LogP contribution in [-0.4, -0.2) is 34.9 Å². The van der Waals surface area contributed by atoms with E-state index in [1.54, 1.807) is 41.4 Å². The molecule has 30 heavy (non-hydrogen) atoms. The molecule has 0 radical (unpaired) electrons. The Morgan fingerprint density at radius 1 is 1.00 bits per heavy atom. The van der Waals surface area contributed by atoms with Crippen LogP contribution in [-0.2, 0) is 0 Å². The third kappa shape index (κ3) is 3.93. The van der Waals surface area contributed by atoms with E-state index in [-0.39, 0.29) is 21.6 Å². The van der Waals surface area contributed by atoms with Crippen molar-refractivity contribution in [2.75, 3.05) is 23.7 Å². The summed E-state index contributed by atoms with van der Waals surface area (Å²) in [5.41, 5.74) is 2.80. The van der Waals surface area contributed by atoms with E-state index in [0.29, 0.717) is 16.9 Å². The lowest BCUT2D eigenvalue weighted by Gasteiger charge is -2.19. The number of para-hydroxylation sites is 1. The zero-order chi connectivity index (χ0) is 21.3. The second-order valence-electron chi connectivity index (χ2n) is 7.19. The van der Waals surface area contributed by atoms with E-state index >= 15 is 0 Å². The van der Waals surface area contributed by atoms with E-state index < -0.39 is 5.91 Å². The number of aromatic nitrogens is 1. The molecule has 1 aliphatic heterocycles. The van der Waals surface area contributed by atoms with Gasteiger partial charge in [0, 0.05) is 24.7 Å². The highest BCUT2D eigenvalue weighted by Gasteiger charge is 2.21. The fourth-order valence-corrected chi connectivity index (χ4v) is 4.16. The molecule has 3 aromatic rings. The summed E-state index contributed by atoms with van der Waals surface area (Å²) < 4.78 is 0. The van der Waals surface area contributed by atoms with Gasteiger partial charge in [-0.1, -0.05) is 41.4 Å². The van der Waals surface area contributed by atoms with Crippen LogP contribution in [0.2, 0.25) is 10.0 Å². The number of amides is 3. The number of rotatable bonds is 3. The Labute approximate surface area is 184 Å². The van der Waals surface area contributed by atoms with Crippen molar-refractivity contribution in [3.05, 3.63) is 63.8 Å². The lowest BCUT2D eigenvalue weighted by molar-refractivity contribution is 0.102. The highest BCUT2D eigenvalue weighted by Crippen LogP contribution is 2.32. The summed E-state index contributed by atoms with van der Waals surface area (Å²) in [6.45, 7) is 3.41. The number of carbonyl (C=O) groups is 2. The molecule has 4 rings (SSSR count). The molecule has 6 nitrogen and oxygen atoms in total. The lowest BCUT2D eigenvalue weighted by Crippen LogP contribution is -2.32. The van der Waals surface area contributed by atoms with Gasteiger partial charge in [0.15, 0.2) is 0 Å². The lowest BCUT2D eigenvalue weighted by atomic mass is 10.1. The van der Waals surface area contributed by atoms with Crippen molar-refractivity contribution < 1.29 is 9.59 Å². The minimum Gasteiger partial charge on any atom is -0.325 e. The molecule has 3 amide bonds. The smallest absolute Gasteiger partial charge is 0.321 e. The van der Waals surface area contributed by atoms with Gasteiger partial charge >= 0.3 is 6.03 Å². The minimum atomic E-state index is -0.428. The summed E-state index contributed by atoms with van der Waals surface area (Å²) in [6, 6.07) is 10.2. The SMILES string of the molecule is Cc1cnc2c(NC(=O)c3c(Cl)cccc3Cl)cccc2c1NC(=O)N1CCCC1. The first kappa shape index (κ1) is 20.4. The van der Waals surface area contributed by atoms with Gasteiger partial charge < -0.3 is 15.5 Å². The number of likely N-dealkylation sites (tertiary alicyclic amines) is 1. The van der Waals surface area contributed by atoms with Gasteiger partial charge in [0.25, 0.3) is 5.91 Å². The number of pyridine rings is 1. The van der Waals surface area contributed by atoms with E-state index in [2.05, 4.69) is 15.6 Å². The molecule has 0 spiro atoms. The highest BCUT2D eigenvalue weighted by molar-refractivity contribution is 6.40. The fourth-order valence-electron chi connectivity index (χ4n) is 3.60. The monoisotopic (exact) mass is 442 g/mol. The van der Waals surface area contributed by atoms with Crippen LogP contribution in [0, 0.1) is 6.92 Å². The van der Waals surface area contributed by atoms with Gasteiger partial charge in [0.05, 0.1) is 32.5 Å². The fraction of sp³-hybridized carbons (Fsp3) is 0.227. The predicted octanol–water partition coefficient (Wildman–Crippen LogP) is 5.73. The van der Waals surface area contributed by atoms with Crippen molar-refractivity contribution >= 4 is 57.4 Å². The van der Waals surface area contributed by atoms with E-state index in [4.69, 9.17) is 23.2 Å². The molecule has 1 aliphatic rings. The Balaban J connectivity index is 1.69. The first-order chi connectivity index (χ1) is 14.5. The van der Waals surface area contributed by atoms with Gasteiger partial charge in [-0.3, -0.25) is 9.78 Å². The largest absolute Gasteiger partial charge is 0.325 e. The molecular formula is C22H20Cl2N4O2. The molecule has 154 valence electrons. The number of hydrogen-bond acceptors (Lipinski definition) is 3. The van der Waals surface area contributed by atoms with Gasteiger partial charge in [-0.05, 0) is 43.5 Å². The molecule has 8 heteroatoms. The minimum absolute atomic E-state index is 0.125. The molecule has 2 heterocycles. The number of carbonyl (C=O) groups excluding carboxylic acids is 2. The van der Waals surface area contributed by atoms with Crippen LogP contribution in [0.1, 0.15) is 28.8 Å². The molecule has 0 saturated carbocycles. The Kier molecular flexibility index (Phi) is 5.79. The molecule has 0 unspecified atom stereocenters. The predicted molar refractivity (Wildman–Crippen MR) is 121 cm³/mol. The summed E-state index contributed by atoms with van der Waals surface area (Å²) in [6.07, 6.45) is 3.72. The number of hydrogen-bond donors (Lipinski definition) is 2. The van der Waals surface area contributed by atoms with Crippen LogP contribution in [0.3, 0.4) is 0 Å². The van der Waals surface area contributed by atoms with Gasteiger partial charge in [0.2, 0.25) is 0 Å². The summed E-state index contributed by atoms with van der Waals surface area (Å²) in [4.78, 5) is 31.7. The van der Waals surface area contributed by atoms with E-state index in [1.165, 1.54) is 0 Å². The Morgan fingerprint density at radius 3 is 2.37 bits per heavy atom. The quantitative estimate of drug-likeness (QED) is 0.543. The third-order valence-corrected chi connectivity index (χ3v) is 5.78. The summed E-state index contributed by atoms with van der Waals surface area (Å²) >= 11 is 12.3. The zero-order valence-corrected chi connectivity index (χ0v) is 17.8. The van der Waals surface area contributed by atoms with E-state index in [9.17, 15) is 9.59 Å². The van der Waals surface area contributed by atoms with Gasteiger partial charge in [-0.25, -0.2) is 4.79 Å². The maximum Gasteiger partial charge on any atom is 0.321 e. The van der Waals surface area contributed by atoms with Crippen LogP contribution in [0.25, 0.3) is 10.9 Å². The highest BCUT2D eigenvalue weighted by atomic mass is 35.5. The molecule has 1 saturated heterocycles. The van der Waals surface area contributed by atoms with Crippen molar-refractivity contribution in [1.82, 2.24) is 9.88 Å². The second-order valence-corrected chi connectivity index (χ2v) is 8.01. The number of nitrogens with zero attached hydrogens (tertiary/aromatic N) is 2. The van der Waals surface area contributed by atoms with E-state index in [0.717, 1.165) is 36.9 Å². The first-order valence-corrected chi connectivity index (χ1v) is 10.4. The van der Waals surface area contributed by atoms with Crippen molar-refractivity contribution in [2.45, 2.75) is 19.8 Å². The Hall–Kier alpha value is -2.83. The Bertz CT molecular complexity index is 1120. The third-order valence-electron chi connectivity index (χ3n) is 5.15. The topological polar surface area (TPSA) is 74.3 Å². The molecule has 1 aromatic heterocycles. The van der Waals surface area contributed by atoms with Crippen LogP contribution in [0.4, 0.5) is 16.2 Å². The molecule has 2 N–H and O–H groups in total. The van der Waals surface area contributed by atoms with Crippen LogP contribution in [0.15, 0.2) is 42.6 Å². The average Bonchev–Trinajstić information content (AvgIpc) is 3.25. The maximum atomic E-state index is 12.8. The number of aryl methyl sites for hydroxylation is 1. The van der Waals surface area contributed by atoms with Gasteiger partial charge in [0.1, 0.15) is 0 Å². The molecule has 1 fully saturated rings. The molecule has 0 bridgehead atoms. The van der Waals surface area contributed by atoms with Gasteiger partial charge in [-0.15, -0.1) is 0 Å². The molecule has 0 aliphatic carbocycles. The molecule has 2 aromatic carbocycles. The van der Waals surface area contributed by atoms with Crippen molar-refractivity contribution in [2.24, 2.45) is 0 Å². The summed E-state index contributed by atoms with van der Waals surface area (Å²) in [7, 11) is 0. The number of benzene rings is 2. The van der Waals surface area contributed by atoms with Gasteiger partial charge in [-0.2, -0.15) is 0 Å². The second kappa shape index (κ2) is 8.50.